The Balaban J connectivity index is 1.47. The first kappa shape index (κ1) is 22.1. The number of hydrogen-bond donors (Lipinski definition) is 2. The van der Waals surface area contributed by atoms with Gasteiger partial charge in [-0.3, -0.25) is 9.52 Å². The van der Waals surface area contributed by atoms with E-state index >= 15 is 0 Å². The Labute approximate surface area is 188 Å². The smallest absolute Gasteiger partial charge is 0.256 e. The summed E-state index contributed by atoms with van der Waals surface area (Å²) in [5.74, 6) is 0.975. The van der Waals surface area contributed by atoms with Gasteiger partial charge in [0, 0.05) is 55.2 Å². The van der Waals surface area contributed by atoms with Gasteiger partial charge in [0.15, 0.2) is 0 Å². The summed E-state index contributed by atoms with van der Waals surface area (Å²) < 4.78 is 25.6. The Morgan fingerprint density at radius 3 is 2.72 bits per heavy atom. The summed E-state index contributed by atoms with van der Waals surface area (Å²) >= 11 is 0. The monoisotopic (exact) mass is 455 g/mol. The third kappa shape index (κ3) is 4.57. The van der Waals surface area contributed by atoms with Gasteiger partial charge in [-0.15, -0.1) is 0 Å². The Bertz CT molecular complexity index is 1230. The van der Waals surface area contributed by atoms with E-state index in [9.17, 15) is 13.2 Å². The number of aryl methyl sites for hydroxylation is 1. The number of nitrogens with zero attached hydrogens (tertiary/aromatic N) is 3. The average molecular weight is 456 g/mol. The molecule has 2 aromatic heterocycles. The molecule has 32 heavy (non-hydrogen) atoms. The van der Waals surface area contributed by atoms with Crippen molar-refractivity contribution < 1.29 is 13.2 Å². The molecule has 2 N–H and O–H groups in total. The summed E-state index contributed by atoms with van der Waals surface area (Å²) in [6.07, 6.45) is 7.30. The van der Waals surface area contributed by atoms with E-state index in [0.29, 0.717) is 35.8 Å². The number of aromatic nitrogens is 2. The van der Waals surface area contributed by atoms with Gasteiger partial charge in [0.05, 0.1) is 11.8 Å². The number of pyridine rings is 1. The second-order valence-electron chi connectivity index (χ2n) is 8.31. The van der Waals surface area contributed by atoms with E-state index in [1.54, 1.807) is 24.4 Å². The molecule has 0 radical (unpaired) electrons. The minimum Gasteiger partial charge on any atom is -0.360 e. The van der Waals surface area contributed by atoms with Crippen LogP contribution in [0.25, 0.3) is 10.9 Å². The lowest BCUT2D eigenvalue weighted by Crippen LogP contribution is -2.46. The summed E-state index contributed by atoms with van der Waals surface area (Å²) in [5.41, 5.74) is 3.02. The van der Waals surface area contributed by atoms with Gasteiger partial charge >= 0.3 is 0 Å². The van der Waals surface area contributed by atoms with Gasteiger partial charge in [0.25, 0.3) is 5.91 Å². The van der Waals surface area contributed by atoms with Gasteiger partial charge in [0.2, 0.25) is 10.0 Å². The maximum atomic E-state index is 13.3. The number of rotatable bonds is 6. The number of fused-ring (bicyclic) bond motifs is 1. The molecule has 0 bridgehead atoms. The van der Waals surface area contributed by atoms with Gasteiger partial charge in [-0.2, -0.15) is 0 Å². The molecule has 1 amide bonds. The van der Waals surface area contributed by atoms with E-state index in [1.807, 2.05) is 17.2 Å². The van der Waals surface area contributed by atoms with Crippen molar-refractivity contribution in [3.05, 3.63) is 53.9 Å². The van der Waals surface area contributed by atoms with Crippen LogP contribution < -0.4 is 9.62 Å². The van der Waals surface area contributed by atoms with Gasteiger partial charge in [-0.1, -0.05) is 13.0 Å². The van der Waals surface area contributed by atoms with Crippen molar-refractivity contribution in [2.75, 3.05) is 36.0 Å². The fraction of sp³-hybridized carbons (Fsp3) is 0.391. The van der Waals surface area contributed by atoms with Crippen LogP contribution in [0.1, 0.15) is 35.7 Å². The molecule has 1 aliphatic heterocycles. The number of aromatic amines is 1. The summed E-state index contributed by atoms with van der Waals surface area (Å²) in [6, 6.07) is 9.56. The highest BCUT2D eigenvalue weighted by atomic mass is 32.2. The Morgan fingerprint density at radius 2 is 2.03 bits per heavy atom. The fourth-order valence-electron chi connectivity index (χ4n) is 4.40. The third-order valence-electron chi connectivity index (χ3n) is 6.10. The molecule has 0 atom stereocenters. The van der Waals surface area contributed by atoms with E-state index < -0.39 is 10.0 Å². The summed E-state index contributed by atoms with van der Waals surface area (Å²) in [5, 5.41) is 0.712. The number of nitrogens with one attached hydrogen (secondary N) is 2. The van der Waals surface area contributed by atoms with Crippen LogP contribution in [0, 0.1) is 0 Å². The number of carbonyl (C=O) groups excluding carboxylic acids is 1. The zero-order chi connectivity index (χ0) is 22.9. The first-order chi connectivity index (χ1) is 15.3. The zero-order valence-corrected chi connectivity index (χ0v) is 19.4. The molecule has 3 aromatic rings. The van der Waals surface area contributed by atoms with Crippen LogP contribution in [0.4, 0.5) is 11.5 Å². The lowest BCUT2D eigenvalue weighted by atomic mass is 10.0. The lowest BCUT2D eigenvalue weighted by molar-refractivity contribution is 0.0715. The second-order valence-corrected chi connectivity index (χ2v) is 10.1. The Hall–Kier alpha value is -3.07. The zero-order valence-electron chi connectivity index (χ0n) is 18.6. The van der Waals surface area contributed by atoms with Crippen molar-refractivity contribution in [1.82, 2.24) is 14.9 Å². The van der Waals surface area contributed by atoms with Crippen molar-refractivity contribution in [2.45, 2.75) is 32.2 Å². The van der Waals surface area contributed by atoms with Crippen LogP contribution in [0.3, 0.4) is 0 Å². The number of amides is 1. The molecule has 8 nitrogen and oxygen atoms in total. The highest BCUT2D eigenvalue weighted by molar-refractivity contribution is 7.92. The van der Waals surface area contributed by atoms with Crippen molar-refractivity contribution in [1.29, 1.82) is 0 Å². The molecule has 1 aliphatic rings. The van der Waals surface area contributed by atoms with E-state index in [-0.39, 0.29) is 5.91 Å². The highest BCUT2D eigenvalue weighted by Crippen LogP contribution is 2.27. The number of H-pyrrole nitrogens is 1. The van der Waals surface area contributed by atoms with E-state index in [4.69, 9.17) is 0 Å². The average Bonchev–Trinajstić information content (AvgIpc) is 3.20. The van der Waals surface area contributed by atoms with Crippen molar-refractivity contribution in [3.63, 3.8) is 0 Å². The molecule has 1 fully saturated rings. The molecule has 0 unspecified atom stereocenters. The standard InChI is InChI=1S/C23H29N5O3S/c1-4-16-6-5-11-24-22(16)27(2)18-9-12-28(13-10-18)23(29)20-15-25-21-8-7-17(14-19(20)21)26-32(3,30)31/h5-8,11,14-15,18,25-26H,4,9-10,12-13H2,1-3H3. The summed E-state index contributed by atoms with van der Waals surface area (Å²) in [6.45, 7) is 3.46. The SMILES string of the molecule is CCc1cccnc1N(C)C1CCN(C(=O)c2c[nH]c3ccc(NS(C)(=O)=O)cc23)CC1. The van der Waals surface area contributed by atoms with Crippen LogP contribution in [0.5, 0.6) is 0 Å². The van der Waals surface area contributed by atoms with Gasteiger partial charge in [-0.25, -0.2) is 13.4 Å². The maximum absolute atomic E-state index is 13.3. The van der Waals surface area contributed by atoms with Crippen LogP contribution in [-0.2, 0) is 16.4 Å². The maximum Gasteiger partial charge on any atom is 0.256 e. The minimum atomic E-state index is -3.39. The normalized spacial score (nSPS) is 15.2. The number of benzene rings is 1. The number of anilines is 2. The molecule has 170 valence electrons. The molecule has 1 saturated heterocycles. The summed E-state index contributed by atoms with van der Waals surface area (Å²) in [4.78, 5) is 25.1. The molecule has 4 rings (SSSR count). The van der Waals surface area contributed by atoms with Crippen molar-refractivity contribution in [2.24, 2.45) is 0 Å². The van der Waals surface area contributed by atoms with Crippen LogP contribution in [-0.4, -0.2) is 61.6 Å². The van der Waals surface area contributed by atoms with Crippen LogP contribution in [0.15, 0.2) is 42.7 Å². The van der Waals surface area contributed by atoms with E-state index in [1.165, 1.54) is 5.56 Å². The Kier molecular flexibility index (Phi) is 6.10. The molecule has 1 aromatic carbocycles. The van der Waals surface area contributed by atoms with Crippen molar-refractivity contribution in [3.8, 4) is 0 Å². The minimum absolute atomic E-state index is 0.0408. The second kappa shape index (κ2) is 8.82. The summed E-state index contributed by atoms with van der Waals surface area (Å²) in [7, 11) is -1.31. The molecule has 0 saturated carbocycles. The fourth-order valence-corrected chi connectivity index (χ4v) is 4.95. The first-order valence-electron chi connectivity index (χ1n) is 10.8. The number of likely N-dealkylation sites (tertiary alicyclic amines) is 1. The number of carbonyl (C=O) groups is 1. The molecular formula is C23H29N5O3S. The molecule has 3 heterocycles. The van der Waals surface area contributed by atoms with Crippen molar-refractivity contribution >= 4 is 38.3 Å². The molecule has 9 heteroatoms. The van der Waals surface area contributed by atoms with Gasteiger partial charge in [-0.05, 0) is 49.1 Å². The topological polar surface area (TPSA) is 98.4 Å². The quantitative estimate of drug-likeness (QED) is 0.595. The van der Waals surface area contributed by atoms with E-state index in [0.717, 1.165) is 36.9 Å². The van der Waals surface area contributed by atoms with Crippen LogP contribution in [0.2, 0.25) is 0 Å². The molecule has 0 spiro atoms. The molecular weight excluding hydrogens is 426 g/mol. The predicted octanol–water partition coefficient (Wildman–Crippen LogP) is 3.24. The highest BCUT2D eigenvalue weighted by Gasteiger charge is 2.28. The number of hydrogen-bond acceptors (Lipinski definition) is 5. The first-order valence-corrected chi connectivity index (χ1v) is 12.7. The lowest BCUT2D eigenvalue weighted by Gasteiger charge is -2.37. The van der Waals surface area contributed by atoms with Gasteiger partial charge < -0.3 is 14.8 Å². The van der Waals surface area contributed by atoms with E-state index in [2.05, 4.69) is 39.6 Å². The largest absolute Gasteiger partial charge is 0.360 e. The predicted molar refractivity (Wildman–Crippen MR) is 128 cm³/mol. The number of sulfonamides is 1. The van der Waals surface area contributed by atoms with Gasteiger partial charge in [0.1, 0.15) is 5.82 Å². The van der Waals surface area contributed by atoms with Crippen LogP contribution >= 0.6 is 0 Å². The Morgan fingerprint density at radius 1 is 1.28 bits per heavy atom. The third-order valence-corrected chi connectivity index (χ3v) is 6.70. The number of piperidine rings is 1. The molecule has 0 aliphatic carbocycles.